The normalized spacial score (nSPS) is 16.7. The predicted octanol–water partition coefficient (Wildman–Crippen LogP) is 6.24. The van der Waals surface area contributed by atoms with Crippen LogP contribution in [0, 0.1) is 5.92 Å². The van der Waals surface area contributed by atoms with Crippen molar-refractivity contribution in [3.05, 3.63) is 92.1 Å². The van der Waals surface area contributed by atoms with Gasteiger partial charge in [0.05, 0.1) is 45.7 Å². The number of aliphatic hydroxyl groups excluding tert-OH is 2. The second-order valence-electron chi connectivity index (χ2n) is 10.8. The zero-order chi connectivity index (χ0) is 29.4. The van der Waals surface area contributed by atoms with Crippen LogP contribution in [0.1, 0.15) is 40.9 Å². The second kappa shape index (κ2) is 10.1. The summed E-state index contributed by atoms with van der Waals surface area (Å²) in [5.41, 5.74) is 0.784. The molecular weight excluding hydrogens is 615 g/mol. The Morgan fingerprint density at radius 1 is 0.762 bits per heavy atom. The van der Waals surface area contributed by atoms with Crippen molar-refractivity contribution < 1.29 is 20.4 Å². The van der Waals surface area contributed by atoms with Gasteiger partial charge < -0.3 is 20.4 Å². The first kappa shape index (κ1) is 28.0. The van der Waals surface area contributed by atoms with Gasteiger partial charge in [-0.3, -0.25) is 8.80 Å². The minimum atomic E-state index is -1.69. The number of aromatic nitrogens is 4. The average Bonchev–Trinajstić information content (AvgIpc) is 3.30. The smallest absolute Gasteiger partial charge is 0.194 e. The molecule has 1 saturated carbocycles. The number of halogens is 2. The monoisotopic (exact) mass is 640 g/mol. The van der Waals surface area contributed by atoms with Crippen molar-refractivity contribution in [1.82, 2.24) is 18.8 Å². The van der Waals surface area contributed by atoms with Gasteiger partial charge in [0.15, 0.2) is 9.92 Å². The molecule has 2 aromatic carbocycles. The van der Waals surface area contributed by atoms with Crippen molar-refractivity contribution in [3.8, 4) is 22.5 Å². The van der Waals surface area contributed by atoms with E-state index in [0.29, 0.717) is 52.5 Å². The molecule has 2 atom stereocenters. The summed E-state index contributed by atoms with van der Waals surface area (Å²) in [7, 11) is 0. The van der Waals surface area contributed by atoms with Crippen LogP contribution in [-0.2, 0) is 24.4 Å². The summed E-state index contributed by atoms with van der Waals surface area (Å²) in [5.74, 6) is -0.166. The van der Waals surface area contributed by atoms with Crippen molar-refractivity contribution >= 4 is 55.8 Å². The molecule has 4 N–H and O–H groups in total. The van der Waals surface area contributed by atoms with Gasteiger partial charge in [0.25, 0.3) is 0 Å². The van der Waals surface area contributed by atoms with E-state index in [9.17, 15) is 20.4 Å². The van der Waals surface area contributed by atoms with Gasteiger partial charge in [-0.2, -0.15) is 0 Å². The third-order valence-electron chi connectivity index (χ3n) is 8.15. The highest BCUT2D eigenvalue weighted by molar-refractivity contribution is 7.17. The van der Waals surface area contributed by atoms with Crippen molar-refractivity contribution in [3.63, 3.8) is 0 Å². The fourth-order valence-electron chi connectivity index (χ4n) is 5.69. The Kier molecular flexibility index (Phi) is 6.76. The summed E-state index contributed by atoms with van der Waals surface area (Å²) >= 11 is 14.7. The van der Waals surface area contributed by atoms with Gasteiger partial charge in [0.2, 0.25) is 0 Å². The van der Waals surface area contributed by atoms with Crippen LogP contribution >= 0.6 is 45.9 Å². The number of thiazole rings is 2. The number of benzene rings is 2. The number of nitrogens with zero attached hydrogens (tertiary/aromatic N) is 4. The van der Waals surface area contributed by atoms with Crippen molar-refractivity contribution in [1.29, 1.82) is 0 Å². The van der Waals surface area contributed by atoms with Crippen LogP contribution in [-0.4, -0.2) is 39.2 Å². The number of imidazole rings is 2. The molecule has 0 bridgehead atoms. The predicted molar refractivity (Wildman–Crippen MR) is 165 cm³/mol. The molecule has 8 nitrogen and oxygen atoms in total. The molecule has 1 aliphatic rings. The Labute approximate surface area is 258 Å². The zero-order valence-corrected chi connectivity index (χ0v) is 25.5. The molecule has 0 saturated heterocycles. The molecule has 42 heavy (non-hydrogen) atoms. The third kappa shape index (κ3) is 4.24. The Morgan fingerprint density at radius 3 is 1.62 bits per heavy atom. The molecular formula is C30H26Cl2N4O4S2. The van der Waals surface area contributed by atoms with Crippen molar-refractivity contribution in [2.45, 2.75) is 44.2 Å². The summed E-state index contributed by atoms with van der Waals surface area (Å²) in [4.78, 5) is 11.8. The molecule has 0 spiro atoms. The van der Waals surface area contributed by atoms with E-state index in [0.717, 1.165) is 24.0 Å². The average molecular weight is 642 g/mol. The van der Waals surface area contributed by atoms with Gasteiger partial charge >= 0.3 is 0 Å². The molecule has 6 aromatic rings. The standard InChI is InChI=1S/C30H26Cl2N4O4S2/c1-29(39,23-12-35-21(14-37)25(33-27(35)41-23)16-2-8-19(31)9-3-16)30(40,18-6-7-18)24-13-36-22(15-38)26(34-28(36)42-24)17-4-10-20(32)11-5-17/h2-5,8-13,18,37-40H,6-7,14-15H2,1H3. The highest BCUT2D eigenvalue weighted by Crippen LogP contribution is 2.57. The van der Waals surface area contributed by atoms with E-state index in [4.69, 9.17) is 33.2 Å². The van der Waals surface area contributed by atoms with Crippen molar-refractivity contribution in [2.24, 2.45) is 5.92 Å². The maximum absolute atomic E-state index is 12.4. The molecule has 0 radical (unpaired) electrons. The Bertz CT molecular complexity index is 1940. The molecule has 0 aliphatic heterocycles. The Morgan fingerprint density at radius 2 is 1.19 bits per heavy atom. The maximum atomic E-state index is 12.4. The molecule has 1 fully saturated rings. The lowest BCUT2D eigenvalue weighted by molar-refractivity contribution is -0.164. The molecule has 4 aromatic heterocycles. The lowest BCUT2D eigenvalue weighted by Crippen LogP contribution is -2.48. The molecule has 4 heterocycles. The zero-order valence-electron chi connectivity index (χ0n) is 22.3. The van der Waals surface area contributed by atoms with Crippen LogP contribution in [0.3, 0.4) is 0 Å². The number of hydrogen-bond donors (Lipinski definition) is 4. The molecule has 2 unspecified atom stereocenters. The first-order chi connectivity index (χ1) is 20.1. The molecule has 12 heteroatoms. The van der Waals surface area contributed by atoms with Gasteiger partial charge in [-0.15, -0.1) is 0 Å². The summed E-state index contributed by atoms with van der Waals surface area (Å²) in [6.45, 7) is 1.12. The van der Waals surface area contributed by atoms with Gasteiger partial charge in [0.1, 0.15) is 11.2 Å². The van der Waals surface area contributed by atoms with Crippen LogP contribution in [0.25, 0.3) is 32.4 Å². The van der Waals surface area contributed by atoms with Gasteiger partial charge in [-0.1, -0.05) is 70.1 Å². The van der Waals surface area contributed by atoms with Crippen LogP contribution in [0.15, 0.2) is 60.9 Å². The molecule has 0 amide bonds. The topological polar surface area (TPSA) is 116 Å². The Hall–Kier alpha value is -2.80. The minimum Gasteiger partial charge on any atom is -0.390 e. The van der Waals surface area contributed by atoms with E-state index >= 15 is 0 Å². The summed E-state index contributed by atoms with van der Waals surface area (Å²) in [6, 6.07) is 14.5. The van der Waals surface area contributed by atoms with E-state index < -0.39 is 11.2 Å². The number of rotatable bonds is 8. The lowest BCUT2D eigenvalue weighted by Gasteiger charge is -2.40. The van der Waals surface area contributed by atoms with Gasteiger partial charge in [-0.05, 0) is 49.9 Å². The number of aliphatic hydroxyl groups is 4. The highest BCUT2D eigenvalue weighted by atomic mass is 35.5. The SMILES string of the molecule is CC(O)(c1cn2c(CO)c(-c3ccc(Cl)cc3)nc2s1)C(O)(c1cn2c(CO)c(-c3ccc(Cl)cc3)nc2s1)C1CC1. The van der Waals surface area contributed by atoms with Crippen LogP contribution in [0.5, 0.6) is 0 Å². The third-order valence-corrected chi connectivity index (χ3v) is 11.0. The number of fused-ring (bicyclic) bond motifs is 2. The van der Waals surface area contributed by atoms with E-state index in [1.54, 1.807) is 52.4 Å². The lowest BCUT2D eigenvalue weighted by atomic mass is 9.78. The van der Waals surface area contributed by atoms with Crippen LogP contribution in [0.2, 0.25) is 10.0 Å². The summed E-state index contributed by atoms with van der Waals surface area (Å²) in [5, 5.41) is 46.4. The summed E-state index contributed by atoms with van der Waals surface area (Å²) < 4.78 is 3.56. The number of hydrogen-bond acceptors (Lipinski definition) is 8. The first-order valence-corrected chi connectivity index (χ1v) is 15.8. The van der Waals surface area contributed by atoms with E-state index in [1.165, 1.54) is 22.7 Å². The van der Waals surface area contributed by atoms with Crippen LogP contribution < -0.4 is 0 Å². The van der Waals surface area contributed by atoms with Crippen molar-refractivity contribution in [2.75, 3.05) is 0 Å². The summed E-state index contributed by atoms with van der Waals surface area (Å²) in [6.07, 6.45) is 5.06. The van der Waals surface area contributed by atoms with E-state index in [-0.39, 0.29) is 19.1 Å². The molecule has 1 aliphatic carbocycles. The fourth-order valence-corrected chi connectivity index (χ4v) is 8.32. The quantitative estimate of drug-likeness (QED) is 0.157. The largest absolute Gasteiger partial charge is 0.390 e. The second-order valence-corrected chi connectivity index (χ2v) is 13.6. The van der Waals surface area contributed by atoms with E-state index in [1.807, 2.05) is 24.3 Å². The molecule has 7 rings (SSSR count). The van der Waals surface area contributed by atoms with E-state index in [2.05, 4.69) is 0 Å². The highest BCUT2D eigenvalue weighted by Gasteiger charge is 2.59. The minimum absolute atomic E-state index is 0.166. The first-order valence-electron chi connectivity index (χ1n) is 13.4. The van der Waals surface area contributed by atoms with Gasteiger partial charge in [0, 0.05) is 33.6 Å². The maximum Gasteiger partial charge on any atom is 0.194 e. The van der Waals surface area contributed by atoms with Gasteiger partial charge in [-0.25, -0.2) is 9.97 Å². The molecule has 216 valence electrons. The Balaban J connectivity index is 1.31. The fraction of sp³-hybridized carbons (Fsp3) is 0.267. The van der Waals surface area contributed by atoms with Crippen LogP contribution in [0.4, 0.5) is 0 Å².